The van der Waals surface area contributed by atoms with Crippen LogP contribution < -0.4 is 0 Å². The average Bonchev–Trinajstić information content (AvgIpc) is 2.68. The third-order valence-corrected chi connectivity index (χ3v) is 4.34. The summed E-state index contributed by atoms with van der Waals surface area (Å²) >= 11 is 6.12. The normalized spacial score (nSPS) is 25.1. The molecule has 0 aliphatic heterocycles. The van der Waals surface area contributed by atoms with Gasteiger partial charge < -0.3 is 0 Å². The van der Waals surface area contributed by atoms with E-state index in [1.807, 2.05) is 0 Å². The van der Waals surface area contributed by atoms with Gasteiger partial charge in [-0.2, -0.15) is 0 Å². The fraction of sp³-hybridized carbons (Fsp3) is 1.00. The molecule has 0 aromatic heterocycles. The second-order valence-electron chi connectivity index (χ2n) is 5.54. The van der Waals surface area contributed by atoms with Crippen molar-refractivity contribution in [3.8, 4) is 0 Å². The number of unbranched alkanes of at least 4 members (excludes halogenated alkanes) is 7. The molecule has 96 valence electrons. The van der Waals surface area contributed by atoms with Gasteiger partial charge in [-0.05, 0) is 25.2 Å². The van der Waals surface area contributed by atoms with E-state index in [-0.39, 0.29) is 0 Å². The van der Waals surface area contributed by atoms with Crippen LogP contribution in [0.2, 0.25) is 0 Å². The molecule has 0 aromatic rings. The van der Waals surface area contributed by atoms with Crippen LogP contribution in [0.3, 0.4) is 0 Å². The molecule has 0 aromatic carbocycles. The molecule has 1 heteroatoms. The molecule has 0 nitrogen and oxygen atoms in total. The van der Waals surface area contributed by atoms with Gasteiger partial charge in [0.05, 0.1) is 0 Å². The van der Waals surface area contributed by atoms with Gasteiger partial charge >= 0.3 is 0 Å². The standard InChI is InChI=1S/C15H29Cl/c1-2-3-4-5-6-7-8-9-10-14-11-12-15(16)13-14/h14-15H,2-13H2,1H3. The van der Waals surface area contributed by atoms with Crippen molar-refractivity contribution in [1.82, 2.24) is 0 Å². The molecule has 0 bridgehead atoms. The number of alkyl halides is 1. The summed E-state index contributed by atoms with van der Waals surface area (Å²) in [6.45, 7) is 2.28. The summed E-state index contributed by atoms with van der Waals surface area (Å²) in [5, 5.41) is 0.499. The highest BCUT2D eigenvalue weighted by atomic mass is 35.5. The minimum absolute atomic E-state index is 0.499. The molecule has 0 spiro atoms. The summed E-state index contributed by atoms with van der Waals surface area (Å²) in [5.74, 6) is 0.961. The number of rotatable bonds is 9. The zero-order valence-electron chi connectivity index (χ0n) is 11.0. The Kier molecular flexibility index (Phi) is 8.37. The van der Waals surface area contributed by atoms with Crippen LogP contribution in [0.4, 0.5) is 0 Å². The molecule has 2 atom stereocenters. The van der Waals surface area contributed by atoms with Crippen molar-refractivity contribution in [2.75, 3.05) is 0 Å². The van der Waals surface area contributed by atoms with Crippen molar-refractivity contribution < 1.29 is 0 Å². The zero-order chi connectivity index (χ0) is 11.6. The molecule has 0 amide bonds. The van der Waals surface area contributed by atoms with Crippen LogP contribution in [-0.4, -0.2) is 5.38 Å². The highest BCUT2D eigenvalue weighted by molar-refractivity contribution is 6.20. The highest BCUT2D eigenvalue weighted by Gasteiger charge is 2.21. The van der Waals surface area contributed by atoms with Gasteiger partial charge in [-0.3, -0.25) is 0 Å². The molecular weight excluding hydrogens is 216 g/mol. The van der Waals surface area contributed by atoms with Gasteiger partial charge in [-0.15, -0.1) is 11.6 Å². The molecule has 0 N–H and O–H groups in total. The van der Waals surface area contributed by atoms with E-state index in [1.54, 1.807) is 0 Å². The molecule has 1 fully saturated rings. The largest absolute Gasteiger partial charge is 0.123 e. The zero-order valence-corrected chi connectivity index (χ0v) is 11.8. The van der Waals surface area contributed by atoms with Gasteiger partial charge in [0.25, 0.3) is 0 Å². The lowest BCUT2D eigenvalue weighted by Crippen LogP contribution is -1.95. The van der Waals surface area contributed by atoms with Crippen LogP contribution in [0.5, 0.6) is 0 Å². The lowest BCUT2D eigenvalue weighted by Gasteiger charge is -2.08. The maximum absolute atomic E-state index is 6.12. The van der Waals surface area contributed by atoms with E-state index in [4.69, 9.17) is 11.6 Å². The van der Waals surface area contributed by atoms with Crippen molar-refractivity contribution in [1.29, 1.82) is 0 Å². The van der Waals surface area contributed by atoms with Crippen molar-refractivity contribution >= 4 is 11.6 Å². The summed E-state index contributed by atoms with van der Waals surface area (Å²) in [7, 11) is 0. The van der Waals surface area contributed by atoms with Crippen LogP contribution in [0.1, 0.15) is 84.0 Å². The predicted octanol–water partition coefficient (Wildman–Crippen LogP) is 5.92. The van der Waals surface area contributed by atoms with Gasteiger partial charge in [-0.1, -0.05) is 64.7 Å². The van der Waals surface area contributed by atoms with Gasteiger partial charge in [0.15, 0.2) is 0 Å². The van der Waals surface area contributed by atoms with Gasteiger partial charge in [0, 0.05) is 5.38 Å². The van der Waals surface area contributed by atoms with E-state index in [2.05, 4.69) is 6.92 Å². The lowest BCUT2D eigenvalue weighted by atomic mass is 9.99. The fourth-order valence-electron chi connectivity index (χ4n) is 2.84. The Hall–Kier alpha value is 0.290. The molecule has 0 heterocycles. The van der Waals surface area contributed by atoms with Crippen LogP contribution in [0.15, 0.2) is 0 Å². The van der Waals surface area contributed by atoms with Crippen LogP contribution in [-0.2, 0) is 0 Å². The van der Waals surface area contributed by atoms with Crippen LogP contribution >= 0.6 is 11.6 Å². The van der Waals surface area contributed by atoms with Crippen molar-refractivity contribution in [2.45, 2.75) is 89.4 Å². The van der Waals surface area contributed by atoms with E-state index in [0.29, 0.717) is 5.38 Å². The number of hydrogen-bond acceptors (Lipinski definition) is 0. The van der Waals surface area contributed by atoms with E-state index in [1.165, 1.54) is 77.0 Å². The van der Waals surface area contributed by atoms with E-state index >= 15 is 0 Å². The minimum atomic E-state index is 0.499. The lowest BCUT2D eigenvalue weighted by molar-refractivity contribution is 0.461. The Morgan fingerprint density at radius 1 is 0.875 bits per heavy atom. The molecule has 16 heavy (non-hydrogen) atoms. The van der Waals surface area contributed by atoms with E-state index in [9.17, 15) is 0 Å². The first-order valence-corrected chi connectivity index (χ1v) is 7.90. The Bertz CT molecular complexity index is 156. The maximum Gasteiger partial charge on any atom is 0.0338 e. The Morgan fingerprint density at radius 2 is 1.50 bits per heavy atom. The first-order chi connectivity index (χ1) is 7.83. The third-order valence-electron chi connectivity index (χ3n) is 3.94. The molecule has 1 saturated carbocycles. The summed E-state index contributed by atoms with van der Waals surface area (Å²) in [6.07, 6.45) is 16.9. The van der Waals surface area contributed by atoms with Gasteiger partial charge in [0.2, 0.25) is 0 Å². The first kappa shape index (κ1) is 14.4. The maximum atomic E-state index is 6.12. The molecule has 2 unspecified atom stereocenters. The Balaban J connectivity index is 1.78. The predicted molar refractivity (Wildman–Crippen MR) is 74.2 cm³/mol. The molecule has 1 aliphatic carbocycles. The summed E-state index contributed by atoms with van der Waals surface area (Å²) in [5.41, 5.74) is 0. The van der Waals surface area contributed by atoms with E-state index in [0.717, 1.165) is 5.92 Å². The SMILES string of the molecule is CCCCCCCCCCC1CCC(Cl)C1. The quantitative estimate of drug-likeness (QED) is 0.349. The molecular formula is C15H29Cl. The minimum Gasteiger partial charge on any atom is -0.123 e. The Labute approximate surface area is 107 Å². The highest BCUT2D eigenvalue weighted by Crippen LogP contribution is 2.32. The van der Waals surface area contributed by atoms with Crippen molar-refractivity contribution in [3.05, 3.63) is 0 Å². The fourth-order valence-corrected chi connectivity index (χ4v) is 3.22. The van der Waals surface area contributed by atoms with Gasteiger partial charge in [-0.25, -0.2) is 0 Å². The van der Waals surface area contributed by atoms with E-state index < -0.39 is 0 Å². The summed E-state index contributed by atoms with van der Waals surface area (Å²) in [6, 6.07) is 0. The smallest absolute Gasteiger partial charge is 0.0338 e. The first-order valence-electron chi connectivity index (χ1n) is 7.47. The summed E-state index contributed by atoms with van der Waals surface area (Å²) < 4.78 is 0. The van der Waals surface area contributed by atoms with Crippen molar-refractivity contribution in [2.24, 2.45) is 5.92 Å². The molecule has 0 radical (unpaired) electrons. The van der Waals surface area contributed by atoms with Gasteiger partial charge in [0.1, 0.15) is 0 Å². The monoisotopic (exact) mass is 244 g/mol. The van der Waals surface area contributed by atoms with Crippen LogP contribution in [0, 0.1) is 5.92 Å². The topological polar surface area (TPSA) is 0 Å². The third kappa shape index (κ3) is 6.78. The average molecular weight is 245 g/mol. The number of halogens is 1. The molecule has 1 aliphatic rings. The molecule has 0 saturated heterocycles. The number of hydrogen-bond donors (Lipinski definition) is 0. The second-order valence-corrected chi connectivity index (χ2v) is 6.16. The van der Waals surface area contributed by atoms with Crippen LogP contribution in [0.25, 0.3) is 0 Å². The summed E-state index contributed by atoms with van der Waals surface area (Å²) in [4.78, 5) is 0. The second kappa shape index (κ2) is 9.33. The van der Waals surface area contributed by atoms with Crippen molar-refractivity contribution in [3.63, 3.8) is 0 Å². The Morgan fingerprint density at radius 3 is 2.06 bits per heavy atom. The molecule has 1 rings (SSSR count).